The van der Waals surface area contributed by atoms with Gasteiger partial charge in [-0.1, -0.05) is 48.5 Å². The average Bonchev–Trinajstić information content (AvgIpc) is 3.31. The van der Waals surface area contributed by atoms with E-state index in [-0.39, 0.29) is 51.8 Å². The van der Waals surface area contributed by atoms with Gasteiger partial charge in [0.25, 0.3) is 0 Å². The highest BCUT2D eigenvalue weighted by molar-refractivity contribution is 5.88. The molecule has 1 N–H and O–H groups in total. The largest absolute Gasteiger partial charge is 0.508 e. The Hall–Kier alpha value is -1.59. The molecule has 0 aromatic rings. The van der Waals surface area contributed by atoms with E-state index in [2.05, 4.69) is 48.5 Å². The molecular formula is C36H58O6. The van der Waals surface area contributed by atoms with Crippen LogP contribution in [0.1, 0.15) is 132 Å². The van der Waals surface area contributed by atoms with E-state index in [1.807, 2.05) is 6.92 Å². The van der Waals surface area contributed by atoms with Crippen LogP contribution < -0.4 is 0 Å². The normalized spacial score (nSPS) is 45.6. The second kappa shape index (κ2) is 10.8. The summed E-state index contributed by atoms with van der Waals surface area (Å²) in [5.41, 5.74) is 0.0736. The van der Waals surface area contributed by atoms with Gasteiger partial charge in [0.15, 0.2) is 0 Å². The van der Waals surface area contributed by atoms with Crippen molar-refractivity contribution in [2.24, 2.45) is 62.6 Å². The number of carboxylic acids is 1. The lowest BCUT2D eigenvalue weighted by Crippen LogP contribution is -2.67. The summed E-state index contributed by atoms with van der Waals surface area (Å²) in [5.74, 6) is 2.39. The Morgan fingerprint density at radius 3 is 2.17 bits per heavy atom. The lowest BCUT2D eigenvalue weighted by atomic mass is 9.32. The summed E-state index contributed by atoms with van der Waals surface area (Å²) in [6.45, 7) is 19.2. The van der Waals surface area contributed by atoms with E-state index in [4.69, 9.17) is 9.47 Å². The summed E-state index contributed by atoms with van der Waals surface area (Å²) in [7, 11) is 0. The molecule has 0 aromatic heterocycles. The van der Waals surface area contributed by atoms with Crippen molar-refractivity contribution >= 4 is 17.9 Å². The number of ketones is 1. The Labute approximate surface area is 254 Å². The molecule has 5 aliphatic carbocycles. The predicted molar refractivity (Wildman–Crippen MR) is 163 cm³/mol. The first-order valence-electron chi connectivity index (χ1n) is 17.2. The second-order valence-corrected chi connectivity index (χ2v) is 16.8. The zero-order valence-electron chi connectivity index (χ0n) is 27.7. The highest BCUT2D eigenvalue weighted by Gasteiger charge is 2.72. The molecule has 4 unspecified atom stereocenters. The number of hydrogen-bond donors (Lipinski definition) is 1. The number of aliphatic carboxylic acids is 1. The number of Topliss-reactive ketones (excluding diaryl/α,β-unsaturated/α-hetero) is 1. The molecule has 0 amide bonds. The maximum absolute atomic E-state index is 14.0. The number of hydrogen-bond acceptors (Lipinski definition) is 5. The molecule has 0 saturated heterocycles. The highest BCUT2D eigenvalue weighted by atomic mass is 16.7. The zero-order chi connectivity index (χ0) is 30.9. The predicted octanol–water partition coefficient (Wildman–Crippen LogP) is 8.70. The first-order chi connectivity index (χ1) is 19.6. The quantitative estimate of drug-likeness (QED) is 0.300. The van der Waals surface area contributed by atoms with E-state index in [1.165, 1.54) is 19.3 Å². The van der Waals surface area contributed by atoms with Crippen LogP contribution in [-0.4, -0.2) is 35.7 Å². The van der Waals surface area contributed by atoms with Crippen LogP contribution >= 0.6 is 0 Å². The third-order valence-corrected chi connectivity index (χ3v) is 14.9. The van der Waals surface area contributed by atoms with Crippen molar-refractivity contribution in [2.45, 2.75) is 139 Å². The standard InChI is InChI=1S/C36H58O6/c1-9-41-31(40)42-28-16-17-33(6)25(32(28,4)5)15-18-35(8)26(33)11-10-24-30-23(22(2)3)14-19-36(30,21-20-34(24,35)7)27(37)12-13-29(38)39/h22-26,28,30H,9-21H2,1-8H3,(H,38,39)/t23-,24?,25?,26?,28+,30?,33-,34+,35+,36+/m0/s1. The minimum atomic E-state index is -0.862. The third kappa shape index (κ3) is 4.49. The number of rotatable bonds is 7. The van der Waals surface area contributed by atoms with E-state index in [1.54, 1.807) is 0 Å². The fourth-order valence-corrected chi connectivity index (χ4v) is 12.8. The van der Waals surface area contributed by atoms with E-state index < -0.39 is 12.1 Å². The van der Waals surface area contributed by atoms with Crippen molar-refractivity contribution in [1.29, 1.82) is 0 Å². The van der Waals surface area contributed by atoms with Gasteiger partial charge in [0.1, 0.15) is 11.9 Å². The minimum absolute atomic E-state index is 0.0439. The van der Waals surface area contributed by atoms with Gasteiger partial charge in [-0.05, 0) is 123 Å². The van der Waals surface area contributed by atoms with Crippen LogP contribution in [0.15, 0.2) is 0 Å². The number of carboxylic acid groups (broad SMARTS) is 1. The minimum Gasteiger partial charge on any atom is -0.481 e. The zero-order valence-corrected chi connectivity index (χ0v) is 27.7. The fourth-order valence-electron chi connectivity index (χ4n) is 12.8. The molecule has 0 aromatic carbocycles. The van der Waals surface area contributed by atoms with Crippen molar-refractivity contribution < 1.29 is 29.0 Å². The molecule has 5 saturated carbocycles. The van der Waals surface area contributed by atoms with Gasteiger partial charge in [-0.3, -0.25) is 9.59 Å². The van der Waals surface area contributed by atoms with Crippen molar-refractivity contribution in [3.63, 3.8) is 0 Å². The molecular weight excluding hydrogens is 528 g/mol. The van der Waals surface area contributed by atoms with Gasteiger partial charge in [0.2, 0.25) is 0 Å². The average molecular weight is 587 g/mol. The van der Waals surface area contributed by atoms with Crippen LogP contribution in [0.5, 0.6) is 0 Å². The van der Waals surface area contributed by atoms with Gasteiger partial charge in [0.05, 0.1) is 13.0 Å². The highest BCUT2D eigenvalue weighted by Crippen LogP contribution is 2.77. The molecule has 5 rings (SSSR count). The van der Waals surface area contributed by atoms with Crippen LogP contribution in [0, 0.1) is 62.6 Å². The Balaban J connectivity index is 1.46. The summed E-state index contributed by atoms with van der Waals surface area (Å²) >= 11 is 0. The second-order valence-electron chi connectivity index (χ2n) is 16.8. The Morgan fingerprint density at radius 2 is 1.52 bits per heavy atom. The van der Waals surface area contributed by atoms with Crippen molar-refractivity contribution in [2.75, 3.05) is 6.61 Å². The van der Waals surface area contributed by atoms with Gasteiger partial charge in [0, 0.05) is 17.3 Å². The number of ether oxygens (including phenoxy) is 2. The van der Waals surface area contributed by atoms with Gasteiger partial charge >= 0.3 is 12.1 Å². The van der Waals surface area contributed by atoms with Crippen molar-refractivity contribution in [3.8, 4) is 0 Å². The Kier molecular flexibility index (Phi) is 8.17. The van der Waals surface area contributed by atoms with Gasteiger partial charge < -0.3 is 14.6 Å². The number of carbonyl (C=O) groups excluding carboxylic acids is 2. The molecule has 238 valence electrons. The maximum Gasteiger partial charge on any atom is 0.508 e. The molecule has 0 aliphatic heterocycles. The van der Waals surface area contributed by atoms with Gasteiger partial charge in [-0.2, -0.15) is 0 Å². The molecule has 0 spiro atoms. The lowest BCUT2D eigenvalue weighted by molar-refractivity contribution is -0.248. The summed E-state index contributed by atoms with van der Waals surface area (Å²) in [4.78, 5) is 37.7. The van der Waals surface area contributed by atoms with Crippen LogP contribution in [-0.2, 0) is 19.1 Å². The van der Waals surface area contributed by atoms with E-state index in [9.17, 15) is 19.5 Å². The molecule has 0 radical (unpaired) electrons. The monoisotopic (exact) mass is 586 g/mol. The summed E-state index contributed by atoms with van der Waals surface area (Å²) < 4.78 is 11.1. The number of carbonyl (C=O) groups is 3. The summed E-state index contributed by atoms with van der Waals surface area (Å²) in [5, 5.41) is 9.39. The molecule has 6 nitrogen and oxygen atoms in total. The SMILES string of the molecule is CCOC(=O)O[C@@H]1CC[C@@]2(C)C(CC[C@]3(C)C2CCC2C4[C@H](C(C)C)CC[C@]4(C(=O)CCC(=O)O)CC[C@]23C)C1(C)C. The molecule has 0 bridgehead atoms. The third-order valence-electron chi connectivity index (χ3n) is 14.9. The van der Waals surface area contributed by atoms with E-state index in [0.29, 0.717) is 42.1 Å². The van der Waals surface area contributed by atoms with Crippen LogP contribution in [0.4, 0.5) is 4.79 Å². The van der Waals surface area contributed by atoms with Crippen LogP contribution in [0.2, 0.25) is 0 Å². The van der Waals surface area contributed by atoms with Crippen LogP contribution in [0.3, 0.4) is 0 Å². The van der Waals surface area contributed by atoms with Gasteiger partial charge in [-0.25, -0.2) is 4.79 Å². The molecule has 5 fully saturated rings. The molecule has 42 heavy (non-hydrogen) atoms. The smallest absolute Gasteiger partial charge is 0.481 e. The molecule has 5 aliphatic rings. The first kappa shape index (κ1) is 31.8. The topological polar surface area (TPSA) is 89.9 Å². The lowest BCUT2D eigenvalue weighted by Gasteiger charge is -2.73. The molecule has 6 heteroatoms. The molecule has 10 atom stereocenters. The Morgan fingerprint density at radius 1 is 0.810 bits per heavy atom. The van der Waals surface area contributed by atoms with Gasteiger partial charge in [-0.15, -0.1) is 0 Å². The van der Waals surface area contributed by atoms with Crippen molar-refractivity contribution in [3.05, 3.63) is 0 Å². The fraction of sp³-hybridized carbons (Fsp3) is 0.917. The Bertz CT molecular complexity index is 1080. The number of fused-ring (bicyclic) bond motifs is 7. The van der Waals surface area contributed by atoms with Crippen LogP contribution in [0.25, 0.3) is 0 Å². The van der Waals surface area contributed by atoms with E-state index >= 15 is 0 Å². The first-order valence-corrected chi connectivity index (χ1v) is 17.2. The van der Waals surface area contributed by atoms with Crippen molar-refractivity contribution in [1.82, 2.24) is 0 Å². The van der Waals surface area contributed by atoms with E-state index in [0.717, 1.165) is 44.9 Å². The summed E-state index contributed by atoms with van der Waals surface area (Å²) in [6, 6.07) is 0. The summed E-state index contributed by atoms with van der Waals surface area (Å²) in [6.07, 6.45) is 10.2. The molecule has 0 heterocycles. The maximum atomic E-state index is 14.0.